The van der Waals surface area contributed by atoms with Crippen LogP contribution < -0.4 is 11.1 Å². The number of nitrogens with zero attached hydrogens (tertiary/aromatic N) is 3. The van der Waals surface area contributed by atoms with E-state index in [-0.39, 0.29) is 5.84 Å². The van der Waals surface area contributed by atoms with Crippen LogP contribution in [-0.2, 0) is 13.6 Å². The van der Waals surface area contributed by atoms with Crippen molar-refractivity contribution in [2.75, 3.05) is 6.54 Å². The van der Waals surface area contributed by atoms with Gasteiger partial charge in [-0.3, -0.25) is 4.68 Å². The summed E-state index contributed by atoms with van der Waals surface area (Å²) in [6.45, 7) is 1.62. The predicted molar refractivity (Wildman–Crippen MR) is 57.6 cm³/mol. The van der Waals surface area contributed by atoms with Crippen molar-refractivity contribution >= 4 is 5.84 Å². The monoisotopic (exact) mass is 211 g/mol. The van der Waals surface area contributed by atoms with Crippen LogP contribution in [0.4, 0.5) is 0 Å². The fourth-order valence-corrected chi connectivity index (χ4v) is 1.24. The molecule has 0 spiro atoms. The molecule has 1 aromatic heterocycles. The van der Waals surface area contributed by atoms with Crippen LogP contribution in [0, 0.1) is 0 Å². The minimum Gasteiger partial charge on any atom is -0.409 e. The smallest absolute Gasteiger partial charge is 0.139 e. The van der Waals surface area contributed by atoms with E-state index in [9.17, 15) is 0 Å². The second-order valence-electron chi connectivity index (χ2n) is 3.32. The molecule has 84 valence electrons. The first-order valence-corrected chi connectivity index (χ1v) is 4.88. The van der Waals surface area contributed by atoms with Gasteiger partial charge in [-0.1, -0.05) is 5.16 Å². The summed E-state index contributed by atoms with van der Waals surface area (Å²) in [5.74, 6) is 0.275. The van der Waals surface area contributed by atoms with Crippen LogP contribution in [0.2, 0.25) is 0 Å². The van der Waals surface area contributed by atoms with E-state index >= 15 is 0 Å². The highest BCUT2D eigenvalue weighted by atomic mass is 16.4. The van der Waals surface area contributed by atoms with Crippen molar-refractivity contribution in [3.63, 3.8) is 0 Å². The van der Waals surface area contributed by atoms with Crippen molar-refractivity contribution in [3.05, 3.63) is 18.0 Å². The van der Waals surface area contributed by atoms with E-state index in [0.29, 0.717) is 6.42 Å². The number of rotatable bonds is 6. The Labute approximate surface area is 88.8 Å². The second-order valence-corrected chi connectivity index (χ2v) is 3.32. The van der Waals surface area contributed by atoms with Gasteiger partial charge >= 0.3 is 0 Å². The molecule has 0 aliphatic heterocycles. The largest absolute Gasteiger partial charge is 0.409 e. The van der Waals surface area contributed by atoms with E-state index in [0.717, 1.165) is 25.2 Å². The Balaban J connectivity index is 2.10. The lowest BCUT2D eigenvalue weighted by Gasteiger charge is -2.04. The molecular formula is C9H17N5O. The van der Waals surface area contributed by atoms with Crippen molar-refractivity contribution in [1.82, 2.24) is 15.1 Å². The summed E-state index contributed by atoms with van der Waals surface area (Å²) in [6.07, 6.45) is 3.23. The van der Waals surface area contributed by atoms with Gasteiger partial charge < -0.3 is 16.3 Å². The van der Waals surface area contributed by atoms with Crippen LogP contribution in [0.25, 0.3) is 0 Å². The third-order valence-corrected chi connectivity index (χ3v) is 2.14. The highest BCUT2D eigenvalue weighted by Gasteiger charge is 1.97. The fourth-order valence-electron chi connectivity index (χ4n) is 1.24. The average molecular weight is 211 g/mol. The lowest BCUT2D eigenvalue weighted by atomic mass is 10.3. The van der Waals surface area contributed by atoms with Crippen LogP contribution in [0.5, 0.6) is 0 Å². The van der Waals surface area contributed by atoms with Crippen molar-refractivity contribution in [2.45, 2.75) is 19.4 Å². The van der Waals surface area contributed by atoms with Gasteiger partial charge in [0.15, 0.2) is 0 Å². The first-order chi connectivity index (χ1) is 7.24. The molecule has 0 atom stereocenters. The molecule has 1 aromatic rings. The molecule has 0 saturated heterocycles. The van der Waals surface area contributed by atoms with Gasteiger partial charge in [0.05, 0.1) is 5.69 Å². The van der Waals surface area contributed by atoms with Crippen molar-refractivity contribution < 1.29 is 5.21 Å². The lowest BCUT2D eigenvalue weighted by Crippen LogP contribution is -2.19. The third-order valence-electron chi connectivity index (χ3n) is 2.14. The zero-order valence-corrected chi connectivity index (χ0v) is 8.85. The molecule has 0 aromatic carbocycles. The van der Waals surface area contributed by atoms with Crippen LogP contribution in [-0.4, -0.2) is 27.4 Å². The van der Waals surface area contributed by atoms with E-state index < -0.39 is 0 Å². The Hall–Kier alpha value is -1.56. The van der Waals surface area contributed by atoms with Crippen molar-refractivity contribution in [2.24, 2.45) is 17.9 Å². The Morgan fingerprint density at radius 3 is 3.13 bits per heavy atom. The summed E-state index contributed by atoms with van der Waals surface area (Å²) in [7, 11) is 1.91. The fraction of sp³-hybridized carbons (Fsp3) is 0.556. The molecule has 0 aliphatic rings. The number of aromatic nitrogens is 2. The summed E-state index contributed by atoms with van der Waals surface area (Å²) in [6, 6.07) is 1.97. The molecule has 0 amide bonds. The summed E-state index contributed by atoms with van der Waals surface area (Å²) >= 11 is 0. The summed E-state index contributed by atoms with van der Waals surface area (Å²) in [5, 5.41) is 18.5. The number of aryl methyl sites for hydroxylation is 1. The topological polar surface area (TPSA) is 88.5 Å². The minimum absolute atomic E-state index is 0.275. The molecule has 0 bridgehead atoms. The van der Waals surface area contributed by atoms with Crippen molar-refractivity contribution in [3.8, 4) is 0 Å². The third kappa shape index (κ3) is 3.99. The van der Waals surface area contributed by atoms with E-state index in [4.69, 9.17) is 10.9 Å². The van der Waals surface area contributed by atoms with Gasteiger partial charge in [0.1, 0.15) is 5.84 Å². The molecule has 4 N–H and O–H groups in total. The molecule has 0 aliphatic carbocycles. The van der Waals surface area contributed by atoms with E-state index in [1.807, 2.05) is 17.8 Å². The maximum absolute atomic E-state index is 8.31. The molecule has 1 heterocycles. The molecule has 0 unspecified atom stereocenters. The molecule has 1 rings (SSSR count). The van der Waals surface area contributed by atoms with E-state index in [1.165, 1.54) is 0 Å². The molecular weight excluding hydrogens is 194 g/mol. The molecule has 15 heavy (non-hydrogen) atoms. The number of hydrogen-bond donors (Lipinski definition) is 3. The number of oxime groups is 1. The molecule has 6 heteroatoms. The van der Waals surface area contributed by atoms with Crippen LogP contribution >= 0.6 is 0 Å². The first kappa shape index (κ1) is 11.5. The SMILES string of the molecule is Cn1nccc1CNCCCC(N)=NO. The molecule has 0 fully saturated rings. The van der Waals surface area contributed by atoms with Gasteiger partial charge in [-0.2, -0.15) is 5.10 Å². The maximum Gasteiger partial charge on any atom is 0.139 e. The standard InChI is InChI=1S/C9H17N5O/c1-14-8(4-6-12-14)7-11-5-2-3-9(10)13-15/h4,6,11,15H,2-3,5,7H2,1H3,(H2,10,13). The van der Waals surface area contributed by atoms with Crippen molar-refractivity contribution in [1.29, 1.82) is 0 Å². The summed E-state index contributed by atoms with van der Waals surface area (Å²) < 4.78 is 1.83. The lowest BCUT2D eigenvalue weighted by molar-refractivity contribution is 0.316. The Morgan fingerprint density at radius 2 is 2.53 bits per heavy atom. The zero-order valence-electron chi connectivity index (χ0n) is 8.85. The van der Waals surface area contributed by atoms with Crippen LogP contribution in [0.1, 0.15) is 18.5 Å². The first-order valence-electron chi connectivity index (χ1n) is 4.88. The summed E-state index contributed by atoms with van der Waals surface area (Å²) in [4.78, 5) is 0. The maximum atomic E-state index is 8.31. The zero-order chi connectivity index (χ0) is 11.1. The Morgan fingerprint density at radius 1 is 1.73 bits per heavy atom. The van der Waals surface area contributed by atoms with Crippen LogP contribution in [0.3, 0.4) is 0 Å². The molecule has 6 nitrogen and oxygen atoms in total. The Bertz CT molecular complexity index is 320. The number of amidine groups is 1. The predicted octanol–water partition coefficient (Wildman–Crippen LogP) is 0.0363. The van der Waals surface area contributed by atoms with Gasteiger partial charge in [0, 0.05) is 26.2 Å². The van der Waals surface area contributed by atoms with Gasteiger partial charge in [-0.15, -0.1) is 0 Å². The number of nitrogens with one attached hydrogen (secondary N) is 1. The molecule has 0 saturated carbocycles. The van der Waals surface area contributed by atoms with Crippen LogP contribution in [0.15, 0.2) is 17.4 Å². The quantitative estimate of drug-likeness (QED) is 0.204. The normalized spacial score (nSPS) is 11.9. The van der Waals surface area contributed by atoms with E-state index in [2.05, 4.69) is 15.6 Å². The van der Waals surface area contributed by atoms with Gasteiger partial charge in [0.25, 0.3) is 0 Å². The minimum atomic E-state index is 0.275. The Kier molecular flexibility index (Phi) is 4.62. The van der Waals surface area contributed by atoms with Gasteiger partial charge in [-0.05, 0) is 19.0 Å². The highest BCUT2D eigenvalue weighted by Crippen LogP contribution is 1.95. The molecule has 0 radical (unpaired) electrons. The highest BCUT2D eigenvalue weighted by molar-refractivity contribution is 5.79. The second kappa shape index (κ2) is 6.02. The van der Waals surface area contributed by atoms with E-state index in [1.54, 1.807) is 6.20 Å². The average Bonchev–Trinajstić information content (AvgIpc) is 2.63. The van der Waals surface area contributed by atoms with Gasteiger partial charge in [0.2, 0.25) is 0 Å². The van der Waals surface area contributed by atoms with Gasteiger partial charge in [-0.25, -0.2) is 0 Å². The summed E-state index contributed by atoms with van der Waals surface area (Å²) in [5.41, 5.74) is 6.47. The number of nitrogens with two attached hydrogens (primary N) is 1. The number of hydrogen-bond acceptors (Lipinski definition) is 4.